The van der Waals surface area contributed by atoms with Crippen molar-refractivity contribution in [1.29, 1.82) is 0 Å². The molecule has 1 aromatic rings. The maximum atomic E-state index is 10.1. The van der Waals surface area contributed by atoms with Gasteiger partial charge in [0.15, 0.2) is 0 Å². The molecule has 0 heterocycles. The first-order valence-corrected chi connectivity index (χ1v) is 7.63. The Balaban J connectivity index is 2.06. The summed E-state index contributed by atoms with van der Waals surface area (Å²) < 4.78 is 6.02. The molecule has 0 spiro atoms. The third-order valence-corrected chi connectivity index (χ3v) is 4.31. The molecule has 0 bridgehead atoms. The van der Waals surface area contributed by atoms with Crippen molar-refractivity contribution in [2.75, 3.05) is 0 Å². The summed E-state index contributed by atoms with van der Waals surface area (Å²) in [5.74, 6) is 0.861. The molecule has 20 heavy (non-hydrogen) atoms. The zero-order chi connectivity index (χ0) is 15.0. The van der Waals surface area contributed by atoms with Gasteiger partial charge in [-0.1, -0.05) is 46.8 Å². The van der Waals surface area contributed by atoms with Crippen LogP contribution in [0.5, 0.6) is 5.75 Å². The second-order valence-corrected chi connectivity index (χ2v) is 7.91. The van der Waals surface area contributed by atoms with E-state index in [4.69, 9.17) is 4.74 Å². The zero-order valence-corrected chi connectivity index (χ0v) is 13.4. The van der Waals surface area contributed by atoms with E-state index in [1.807, 2.05) is 12.1 Å². The number of hydrogen-bond acceptors (Lipinski definition) is 2. The van der Waals surface area contributed by atoms with Gasteiger partial charge in [0.25, 0.3) is 0 Å². The number of benzene rings is 1. The Morgan fingerprint density at radius 2 is 1.75 bits per heavy atom. The summed E-state index contributed by atoms with van der Waals surface area (Å²) in [5.41, 5.74) is 1.72. The van der Waals surface area contributed by atoms with E-state index in [2.05, 4.69) is 46.8 Å². The van der Waals surface area contributed by atoms with E-state index in [0.717, 1.165) is 25.0 Å². The van der Waals surface area contributed by atoms with Crippen LogP contribution in [0.25, 0.3) is 0 Å². The van der Waals surface area contributed by atoms with Crippen LogP contribution < -0.4 is 4.74 Å². The summed E-state index contributed by atoms with van der Waals surface area (Å²) in [5, 5.41) is 10.1. The molecule has 1 N–H and O–H groups in total. The lowest BCUT2D eigenvalue weighted by Crippen LogP contribution is -2.41. The van der Waals surface area contributed by atoms with Gasteiger partial charge in [-0.2, -0.15) is 0 Å². The highest BCUT2D eigenvalue weighted by molar-refractivity contribution is 5.31. The van der Waals surface area contributed by atoms with Gasteiger partial charge < -0.3 is 9.84 Å². The van der Waals surface area contributed by atoms with Gasteiger partial charge in [0, 0.05) is 0 Å². The third kappa shape index (κ3) is 3.76. The van der Waals surface area contributed by atoms with Crippen LogP contribution in [-0.2, 0) is 5.41 Å². The lowest BCUT2D eigenvalue weighted by atomic mass is 9.75. The van der Waals surface area contributed by atoms with Crippen molar-refractivity contribution in [3.8, 4) is 5.75 Å². The molecule has 2 atom stereocenters. The van der Waals surface area contributed by atoms with Crippen molar-refractivity contribution in [3.05, 3.63) is 29.8 Å². The van der Waals surface area contributed by atoms with Crippen molar-refractivity contribution in [2.45, 2.75) is 71.5 Å². The normalized spacial score (nSPS) is 26.3. The average Bonchev–Trinajstić information content (AvgIpc) is 2.33. The first-order valence-electron chi connectivity index (χ1n) is 7.63. The molecule has 1 aromatic carbocycles. The Morgan fingerprint density at radius 3 is 2.30 bits per heavy atom. The lowest BCUT2D eigenvalue weighted by molar-refractivity contribution is -0.0304. The fraction of sp³-hybridized carbons (Fsp3) is 0.667. The maximum Gasteiger partial charge on any atom is 0.125 e. The molecule has 0 saturated heterocycles. The Bertz CT molecular complexity index is 439. The van der Waals surface area contributed by atoms with Crippen LogP contribution >= 0.6 is 0 Å². The molecule has 1 fully saturated rings. The van der Waals surface area contributed by atoms with Crippen LogP contribution in [0.2, 0.25) is 0 Å². The molecule has 2 unspecified atom stereocenters. The second kappa shape index (κ2) is 5.40. The molecular weight excluding hydrogens is 248 g/mol. The molecule has 0 amide bonds. The summed E-state index contributed by atoms with van der Waals surface area (Å²) in [6.45, 7) is 11.1. The Kier molecular flexibility index (Phi) is 4.15. The first-order chi connectivity index (χ1) is 9.17. The average molecular weight is 276 g/mol. The maximum absolute atomic E-state index is 10.1. The molecular formula is C18H28O2. The molecule has 2 heteroatoms. The Hall–Kier alpha value is -1.02. The number of hydrogen-bond donors (Lipinski definition) is 1. The molecule has 1 aliphatic carbocycles. The second-order valence-electron chi connectivity index (χ2n) is 7.91. The molecule has 0 radical (unpaired) electrons. The van der Waals surface area contributed by atoms with E-state index in [1.54, 1.807) is 0 Å². The van der Waals surface area contributed by atoms with Crippen LogP contribution in [-0.4, -0.2) is 17.3 Å². The summed E-state index contributed by atoms with van der Waals surface area (Å²) >= 11 is 0. The minimum absolute atomic E-state index is 0.0840. The molecule has 0 aliphatic heterocycles. The van der Waals surface area contributed by atoms with Gasteiger partial charge in [0.2, 0.25) is 0 Å². The van der Waals surface area contributed by atoms with E-state index in [0.29, 0.717) is 0 Å². The largest absolute Gasteiger partial charge is 0.488 e. The number of aliphatic hydroxyl groups excluding tert-OH is 1. The van der Waals surface area contributed by atoms with Gasteiger partial charge in [-0.3, -0.25) is 0 Å². The van der Waals surface area contributed by atoms with Crippen LogP contribution in [0, 0.1) is 5.41 Å². The van der Waals surface area contributed by atoms with Crippen molar-refractivity contribution in [2.24, 2.45) is 5.41 Å². The lowest BCUT2D eigenvalue weighted by Gasteiger charge is -2.38. The highest BCUT2D eigenvalue weighted by Crippen LogP contribution is 2.37. The zero-order valence-electron chi connectivity index (χ0n) is 13.4. The van der Waals surface area contributed by atoms with Gasteiger partial charge in [0.05, 0.1) is 6.10 Å². The highest BCUT2D eigenvalue weighted by atomic mass is 16.5. The number of aliphatic hydroxyl groups is 1. The molecule has 2 nitrogen and oxygen atoms in total. The monoisotopic (exact) mass is 276 g/mol. The van der Waals surface area contributed by atoms with Gasteiger partial charge in [0.1, 0.15) is 11.9 Å². The predicted molar refractivity (Wildman–Crippen MR) is 83.2 cm³/mol. The standard InChI is InChI=1S/C18H28O2/c1-17(2,3)13-6-8-14(9-7-13)20-16-12-18(4,5)11-10-15(16)19/h6-9,15-16,19H,10-12H2,1-5H3. The topological polar surface area (TPSA) is 29.5 Å². The summed E-state index contributed by atoms with van der Waals surface area (Å²) in [4.78, 5) is 0. The number of rotatable bonds is 2. The smallest absolute Gasteiger partial charge is 0.125 e. The van der Waals surface area contributed by atoms with Crippen LogP contribution in [0.4, 0.5) is 0 Å². The Labute approximate surface area is 123 Å². The van der Waals surface area contributed by atoms with Crippen molar-refractivity contribution < 1.29 is 9.84 Å². The fourth-order valence-electron chi connectivity index (χ4n) is 2.84. The summed E-state index contributed by atoms with van der Waals surface area (Å²) in [6, 6.07) is 8.29. The molecule has 2 rings (SSSR count). The highest BCUT2D eigenvalue weighted by Gasteiger charge is 2.35. The quantitative estimate of drug-likeness (QED) is 0.872. The Morgan fingerprint density at radius 1 is 1.15 bits per heavy atom. The van der Waals surface area contributed by atoms with Crippen molar-refractivity contribution in [3.63, 3.8) is 0 Å². The molecule has 1 aliphatic rings. The van der Waals surface area contributed by atoms with E-state index < -0.39 is 0 Å². The molecule has 1 saturated carbocycles. The van der Waals surface area contributed by atoms with Gasteiger partial charge >= 0.3 is 0 Å². The SMILES string of the molecule is CC1(C)CCC(O)C(Oc2ccc(C(C)(C)C)cc2)C1. The van der Waals surface area contributed by atoms with Crippen LogP contribution in [0.1, 0.15) is 59.4 Å². The molecule has 0 aromatic heterocycles. The van der Waals surface area contributed by atoms with Gasteiger partial charge in [-0.15, -0.1) is 0 Å². The van der Waals surface area contributed by atoms with E-state index >= 15 is 0 Å². The fourth-order valence-corrected chi connectivity index (χ4v) is 2.84. The minimum Gasteiger partial charge on any atom is -0.488 e. The van der Waals surface area contributed by atoms with E-state index in [9.17, 15) is 5.11 Å². The van der Waals surface area contributed by atoms with E-state index in [-0.39, 0.29) is 23.0 Å². The first kappa shape index (κ1) is 15.4. The van der Waals surface area contributed by atoms with Crippen molar-refractivity contribution in [1.82, 2.24) is 0 Å². The van der Waals surface area contributed by atoms with Gasteiger partial charge in [-0.25, -0.2) is 0 Å². The minimum atomic E-state index is -0.342. The van der Waals surface area contributed by atoms with Crippen molar-refractivity contribution >= 4 is 0 Å². The van der Waals surface area contributed by atoms with Crippen LogP contribution in [0.15, 0.2) is 24.3 Å². The number of ether oxygens (including phenoxy) is 1. The van der Waals surface area contributed by atoms with Crippen LogP contribution in [0.3, 0.4) is 0 Å². The predicted octanol–water partition coefficient (Wildman–Crippen LogP) is 4.30. The third-order valence-electron chi connectivity index (χ3n) is 4.31. The summed E-state index contributed by atoms with van der Waals surface area (Å²) in [7, 11) is 0. The van der Waals surface area contributed by atoms with E-state index in [1.165, 1.54) is 5.56 Å². The summed E-state index contributed by atoms with van der Waals surface area (Å²) in [6.07, 6.45) is 2.38. The molecule has 112 valence electrons. The van der Waals surface area contributed by atoms with Gasteiger partial charge in [-0.05, 0) is 47.8 Å².